The average Bonchev–Trinajstić information content (AvgIpc) is 3.16. The van der Waals surface area contributed by atoms with E-state index in [0.29, 0.717) is 18.0 Å². The number of hydrogen-bond donors (Lipinski definition) is 2. The minimum absolute atomic E-state index is 0.0797. The summed E-state index contributed by atoms with van der Waals surface area (Å²) in [5, 5.41) is 6.15. The highest BCUT2D eigenvalue weighted by Gasteiger charge is 2.11. The number of rotatable bonds is 6. The number of carbonyl (C=O) groups is 1. The molecule has 2 rings (SSSR count). The molecule has 8 heteroatoms. The third-order valence-electron chi connectivity index (χ3n) is 3.67. The maximum absolute atomic E-state index is 12.0. The molecule has 0 saturated carbocycles. The fraction of sp³-hybridized carbons (Fsp3) is 0.438. The first-order valence-electron chi connectivity index (χ1n) is 7.73. The molecular formula is C16H24N6OS. The largest absolute Gasteiger partial charge is 0.354 e. The van der Waals surface area contributed by atoms with E-state index in [4.69, 9.17) is 0 Å². The van der Waals surface area contributed by atoms with E-state index in [0.717, 1.165) is 18.2 Å². The number of aromatic nitrogens is 2. The van der Waals surface area contributed by atoms with Gasteiger partial charge in [0, 0.05) is 46.1 Å². The highest BCUT2D eigenvalue weighted by molar-refractivity contribution is 7.11. The Balaban J connectivity index is 1.76. The van der Waals surface area contributed by atoms with Crippen molar-refractivity contribution in [1.29, 1.82) is 0 Å². The zero-order chi connectivity index (χ0) is 17.5. The summed E-state index contributed by atoms with van der Waals surface area (Å²) in [6.45, 7) is 3.72. The summed E-state index contributed by atoms with van der Waals surface area (Å²) in [6.07, 6.45) is 2.02. The SMILES string of the molecule is CN=C(NCCNC(=O)c1scnc1C)N(C)Cc1cccn1C. The predicted octanol–water partition coefficient (Wildman–Crippen LogP) is 1.23. The number of aliphatic imine (C=N–C) groups is 1. The molecule has 0 aliphatic carbocycles. The quantitative estimate of drug-likeness (QED) is 0.468. The highest BCUT2D eigenvalue weighted by Crippen LogP contribution is 2.11. The Bertz CT molecular complexity index is 705. The lowest BCUT2D eigenvalue weighted by Crippen LogP contribution is -2.42. The normalized spacial score (nSPS) is 11.4. The Hall–Kier alpha value is -2.35. The topological polar surface area (TPSA) is 74.5 Å². The molecule has 1 amide bonds. The standard InChI is InChI=1S/C16H24N6OS/c1-12-14(24-11-20-12)15(23)18-7-8-19-16(17-2)22(4)10-13-6-5-9-21(13)3/h5-6,9,11H,7-8,10H2,1-4H3,(H,17,19)(H,18,23). The van der Waals surface area contributed by atoms with Crippen LogP contribution in [-0.2, 0) is 13.6 Å². The van der Waals surface area contributed by atoms with Crippen molar-refractivity contribution in [2.75, 3.05) is 27.2 Å². The molecule has 2 N–H and O–H groups in total. The van der Waals surface area contributed by atoms with Crippen LogP contribution in [0, 0.1) is 6.92 Å². The number of carbonyl (C=O) groups excluding carboxylic acids is 1. The molecule has 0 saturated heterocycles. The van der Waals surface area contributed by atoms with Crippen molar-refractivity contribution in [2.24, 2.45) is 12.0 Å². The van der Waals surface area contributed by atoms with E-state index in [9.17, 15) is 4.79 Å². The second-order valence-electron chi connectivity index (χ2n) is 5.46. The summed E-state index contributed by atoms with van der Waals surface area (Å²) in [4.78, 5) is 23.1. The van der Waals surface area contributed by atoms with Gasteiger partial charge in [-0.1, -0.05) is 0 Å². The van der Waals surface area contributed by atoms with Crippen LogP contribution in [0.5, 0.6) is 0 Å². The minimum atomic E-state index is -0.0797. The molecule has 0 aliphatic heterocycles. The second kappa shape index (κ2) is 8.49. The zero-order valence-corrected chi connectivity index (χ0v) is 15.4. The first kappa shape index (κ1) is 18.0. The average molecular weight is 348 g/mol. The van der Waals surface area contributed by atoms with E-state index in [-0.39, 0.29) is 5.91 Å². The van der Waals surface area contributed by atoms with Gasteiger partial charge in [0.15, 0.2) is 5.96 Å². The number of amides is 1. The molecule has 0 unspecified atom stereocenters. The van der Waals surface area contributed by atoms with Crippen LogP contribution in [0.2, 0.25) is 0 Å². The summed E-state index contributed by atoms with van der Waals surface area (Å²) < 4.78 is 2.08. The van der Waals surface area contributed by atoms with Crippen LogP contribution < -0.4 is 10.6 Å². The number of guanidine groups is 1. The highest BCUT2D eigenvalue weighted by atomic mass is 32.1. The molecule has 0 radical (unpaired) electrons. The fourth-order valence-corrected chi connectivity index (χ4v) is 3.03. The van der Waals surface area contributed by atoms with Gasteiger partial charge in [-0.25, -0.2) is 4.98 Å². The molecule has 0 aromatic carbocycles. The number of nitrogens with one attached hydrogen (secondary N) is 2. The van der Waals surface area contributed by atoms with Gasteiger partial charge in [-0.3, -0.25) is 9.79 Å². The molecular weight excluding hydrogens is 324 g/mol. The van der Waals surface area contributed by atoms with Gasteiger partial charge in [0.1, 0.15) is 4.88 Å². The number of nitrogens with zero attached hydrogens (tertiary/aromatic N) is 4. The number of hydrogen-bond acceptors (Lipinski definition) is 4. The monoisotopic (exact) mass is 348 g/mol. The lowest BCUT2D eigenvalue weighted by atomic mass is 10.4. The Morgan fingerprint density at radius 3 is 2.75 bits per heavy atom. The van der Waals surface area contributed by atoms with Crippen molar-refractivity contribution in [1.82, 2.24) is 25.1 Å². The van der Waals surface area contributed by atoms with Crippen molar-refractivity contribution >= 4 is 23.2 Å². The van der Waals surface area contributed by atoms with E-state index in [1.165, 1.54) is 17.0 Å². The summed E-state index contributed by atoms with van der Waals surface area (Å²) >= 11 is 1.36. The summed E-state index contributed by atoms with van der Waals surface area (Å²) in [7, 11) is 5.76. The smallest absolute Gasteiger partial charge is 0.263 e. The van der Waals surface area contributed by atoms with Crippen LogP contribution in [-0.4, -0.2) is 53.5 Å². The van der Waals surface area contributed by atoms with Gasteiger partial charge >= 0.3 is 0 Å². The van der Waals surface area contributed by atoms with Crippen molar-refractivity contribution in [3.63, 3.8) is 0 Å². The van der Waals surface area contributed by atoms with Gasteiger partial charge < -0.3 is 20.1 Å². The summed E-state index contributed by atoms with van der Waals surface area (Å²) in [5.41, 5.74) is 3.65. The fourth-order valence-electron chi connectivity index (χ4n) is 2.31. The van der Waals surface area contributed by atoms with Crippen LogP contribution in [0.15, 0.2) is 28.8 Å². The van der Waals surface area contributed by atoms with E-state index in [1.54, 1.807) is 12.6 Å². The first-order chi connectivity index (χ1) is 11.5. The Morgan fingerprint density at radius 1 is 1.42 bits per heavy atom. The van der Waals surface area contributed by atoms with Gasteiger partial charge in [0.2, 0.25) is 0 Å². The molecule has 2 aromatic heterocycles. The molecule has 130 valence electrons. The summed E-state index contributed by atoms with van der Waals surface area (Å²) in [6, 6.07) is 4.11. The Kier molecular flexibility index (Phi) is 6.36. The van der Waals surface area contributed by atoms with Crippen LogP contribution in [0.25, 0.3) is 0 Å². The molecule has 24 heavy (non-hydrogen) atoms. The zero-order valence-electron chi connectivity index (χ0n) is 14.5. The maximum Gasteiger partial charge on any atom is 0.263 e. The van der Waals surface area contributed by atoms with Crippen LogP contribution in [0.3, 0.4) is 0 Å². The Labute approximate surface area is 146 Å². The van der Waals surface area contributed by atoms with E-state index >= 15 is 0 Å². The minimum Gasteiger partial charge on any atom is -0.354 e. The van der Waals surface area contributed by atoms with Crippen molar-refractivity contribution in [2.45, 2.75) is 13.5 Å². The van der Waals surface area contributed by atoms with Crippen LogP contribution in [0.4, 0.5) is 0 Å². The van der Waals surface area contributed by atoms with Crippen molar-refractivity contribution in [3.05, 3.63) is 40.1 Å². The van der Waals surface area contributed by atoms with Gasteiger partial charge in [0.25, 0.3) is 5.91 Å². The van der Waals surface area contributed by atoms with E-state index in [1.807, 2.05) is 38.2 Å². The molecule has 0 bridgehead atoms. The van der Waals surface area contributed by atoms with Crippen LogP contribution >= 0.6 is 11.3 Å². The van der Waals surface area contributed by atoms with Gasteiger partial charge in [-0.15, -0.1) is 11.3 Å². The van der Waals surface area contributed by atoms with E-state index in [2.05, 4.69) is 31.2 Å². The molecule has 2 heterocycles. The maximum atomic E-state index is 12.0. The predicted molar refractivity (Wildman–Crippen MR) is 97.4 cm³/mol. The third kappa shape index (κ3) is 4.58. The molecule has 7 nitrogen and oxygen atoms in total. The van der Waals surface area contributed by atoms with Gasteiger partial charge in [-0.2, -0.15) is 0 Å². The lowest BCUT2D eigenvalue weighted by molar-refractivity contribution is 0.0957. The molecule has 0 fully saturated rings. The van der Waals surface area contributed by atoms with Crippen LogP contribution in [0.1, 0.15) is 21.1 Å². The lowest BCUT2D eigenvalue weighted by Gasteiger charge is -2.22. The van der Waals surface area contributed by atoms with Gasteiger partial charge in [0.05, 0.1) is 17.7 Å². The summed E-state index contributed by atoms with van der Waals surface area (Å²) in [5.74, 6) is 0.711. The Morgan fingerprint density at radius 2 is 2.17 bits per heavy atom. The molecule has 0 aliphatic rings. The number of thiazole rings is 1. The third-order valence-corrected chi connectivity index (χ3v) is 4.60. The number of aryl methyl sites for hydroxylation is 2. The van der Waals surface area contributed by atoms with Crippen molar-refractivity contribution in [3.8, 4) is 0 Å². The van der Waals surface area contributed by atoms with E-state index < -0.39 is 0 Å². The molecule has 0 spiro atoms. The first-order valence-corrected chi connectivity index (χ1v) is 8.61. The van der Waals surface area contributed by atoms with Crippen molar-refractivity contribution < 1.29 is 4.79 Å². The second-order valence-corrected chi connectivity index (χ2v) is 6.32. The van der Waals surface area contributed by atoms with Gasteiger partial charge in [-0.05, 0) is 19.1 Å². The molecule has 0 atom stereocenters. The molecule has 2 aromatic rings.